The van der Waals surface area contributed by atoms with Crippen molar-refractivity contribution < 1.29 is 8.42 Å². The molecule has 3 nitrogen and oxygen atoms in total. The van der Waals surface area contributed by atoms with E-state index in [1.165, 1.54) is 0 Å². The van der Waals surface area contributed by atoms with Crippen LogP contribution in [-0.4, -0.2) is 8.42 Å². The predicted octanol–water partition coefficient (Wildman–Crippen LogP) is 4.16. The van der Waals surface area contributed by atoms with E-state index in [4.69, 9.17) is 0 Å². The normalized spacial score (nSPS) is 11.3. The first kappa shape index (κ1) is 14.8. The van der Waals surface area contributed by atoms with Crippen LogP contribution < -0.4 is 4.72 Å². The summed E-state index contributed by atoms with van der Waals surface area (Å²) in [5.41, 5.74) is 1.56. The highest BCUT2D eigenvalue weighted by Crippen LogP contribution is 2.25. The van der Waals surface area contributed by atoms with Crippen LogP contribution in [0.4, 0.5) is 5.69 Å². The summed E-state index contributed by atoms with van der Waals surface area (Å²) in [6, 6.07) is 12.4. The highest BCUT2D eigenvalue weighted by atomic mass is 127. The molecule has 0 fully saturated rings. The number of aryl methyl sites for hydroxylation is 1. The Hall–Kier alpha value is -0.600. The van der Waals surface area contributed by atoms with E-state index in [1.807, 2.05) is 19.1 Å². The van der Waals surface area contributed by atoms with Crippen molar-refractivity contribution in [3.63, 3.8) is 0 Å². The van der Waals surface area contributed by atoms with Crippen molar-refractivity contribution in [2.45, 2.75) is 11.8 Å². The van der Waals surface area contributed by atoms with E-state index in [-0.39, 0.29) is 4.90 Å². The number of rotatable bonds is 3. The average Bonchev–Trinajstić information content (AvgIpc) is 2.27. The molecule has 0 aliphatic heterocycles. The van der Waals surface area contributed by atoms with Crippen LogP contribution in [0.2, 0.25) is 0 Å². The Morgan fingerprint density at radius 3 is 2.53 bits per heavy atom. The van der Waals surface area contributed by atoms with E-state index in [1.54, 1.807) is 30.3 Å². The van der Waals surface area contributed by atoms with Gasteiger partial charge in [-0.2, -0.15) is 0 Å². The van der Waals surface area contributed by atoms with Crippen LogP contribution in [0.1, 0.15) is 5.56 Å². The van der Waals surface area contributed by atoms with Crippen LogP contribution in [0, 0.1) is 10.5 Å². The van der Waals surface area contributed by atoms with Gasteiger partial charge in [-0.05, 0) is 81.3 Å². The fourth-order valence-corrected chi connectivity index (χ4v) is 4.37. The third kappa shape index (κ3) is 3.70. The lowest BCUT2D eigenvalue weighted by Gasteiger charge is -2.10. The highest BCUT2D eigenvalue weighted by Gasteiger charge is 2.17. The molecule has 2 aromatic rings. The second-order valence-corrected chi connectivity index (χ2v) is 7.80. The first-order chi connectivity index (χ1) is 8.88. The lowest BCUT2D eigenvalue weighted by molar-refractivity contribution is 0.600. The lowest BCUT2D eigenvalue weighted by atomic mass is 10.2. The van der Waals surface area contributed by atoms with Crippen molar-refractivity contribution in [1.29, 1.82) is 0 Å². The van der Waals surface area contributed by atoms with E-state index in [0.717, 1.165) is 9.13 Å². The summed E-state index contributed by atoms with van der Waals surface area (Å²) in [6.07, 6.45) is 0. The summed E-state index contributed by atoms with van der Waals surface area (Å²) >= 11 is 5.43. The molecule has 0 amide bonds. The summed E-state index contributed by atoms with van der Waals surface area (Å²) < 4.78 is 28.7. The zero-order valence-corrected chi connectivity index (χ0v) is 14.6. The standard InChI is InChI=1S/C13H11BrINO2S/c1-9-5-6-13(12(14)7-9)19(17,18)16-11-4-2-3-10(15)8-11/h2-8,16H,1H3. The van der Waals surface area contributed by atoms with Crippen LogP contribution >= 0.6 is 38.5 Å². The summed E-state index contributed by atoms with van der Waals surface area (Å²) in [4.78, 5) is 0.233. The molecule has 0 saturated carbocycles. The molecule has 0 atom stereocenters. The van der Waals surface area contributed by atoms with Gasteiger partial charge in [0.15, 0.2) is 0 Å². The third-order valence-electron chi connectivity index (χ3n) is 2.45. The average molecular weight is 452 g/mol. The topological polar surface area (TPSA) is 46.2 Å². The van der Waals surface area contributed by atoms with Crippen LogP contribution in [0.5, 0.6) is 0 Å². The summed E-state index contributed by atoms with van der Waals surface area (Å²) in [5.74, 6) is 0. The molecule has 0 heterocycles. The Morgan fingerprint density at radius 2 is 1.89 bits per heavy atom. The van der Waals surface area contributed by atoms with Gasteiger partial charge in [-0.3, -0.25) is 4.72 Å². The van der Waals surface area contributed by atoms with Gasteiger partial charge in [0.05, 0.1) is 0 Å². The third-order valence-corrected chi connectivity index (χ3v) is 5.48. The molecule has 19 heavy (non-hydrogen) atoms. The largest absolute Gasteiger partial charge is 0.280 e. The maximum atomic E-state index is 12.3. The quantitative estimate of drug-likeness (QED) is 0.712. The minimum Gasteiger partial charge on any atom is -0.280 e. The van der Waals surface area contributed by atoms with Crippen molar-refractivity contribution in [2.24, 2.45) is 0 Å². The van der Waals surface area contributed by atoms with Gasteiger partial charge in [0.1, 0.15) is 4.90 Å². The Kier molecular flexibility index (Phi) is 4.52. The van der Waals surface area contributed by atoms with Crippen molar-refractivity contribution in [1.82, 2.24) is 0 Å². The maximum Gasteiger partial charge on any atom is 0.263 e. The molecule has 0 spiro atoms. The van der Waals surface area contributed by atoms with Gasteiger partial charge in [-0.25, -0.2) is 8.42 Å². The second-order valence-electron chi connectivity index (χ2n) is 4.05. The molecule has 2 aromatic carbocycles. The van der Waals surface area contributed by atoms with Gasteiger partial charge in [0.2, 0.25) is 0 Å². The van der Waals surface area contributed by atoms with E-state index in [0.29, 0.717) is 10.2 Å². The number of hydrogen-bond donors (Lipinski definition) is 1. The van der Waals surface area contributed by atoms with Crippen LogP contribution in [0.25, 0.3) is 0 Å². The van der Waals surface area contributed by atoms with Crippen molar-refractivity contribution in [3.05, 3.63) is 56.1 Å². The number of nitrogens with one attached hydrogen (secondary N) is 1. The Labute approximate surface area is 134 Å². The molecule has 0 unspecified atom stereocenters. The molecule has 0 aromatic heterocycles. The molecule has 0 aliphatic rings. The number of sulfonamides is 1. The van der Waals surface area contributed by atoms with E-state index in [2.05, 4.69) is 43.2 Å². The fraction of sp³-hybridized carbons (Fsp3) is 0.0769. The maximum absolute atomic E-state index is 12.3. The zero-order valence-electron chi connectivity index (χ0n) is 10.0. The van der Waals surface area contributed by atoms with Gasteiger partial charge in [0.25, 0.3) is 10.0 Å². The lowest BCUT2D eigenvalue weighted by Crippen LogP contribution is -2.13. The summed E-state index contributed by atoms with van der Waals surface area (Å²) in [7, 11) is -3.58. The number of hydrogen-bond acceptors (Lipinski definition) is 2. The van der Waals surface area contributed by atoms with Crippen molar-refractivity contribution in [3.8, 4) is 0 Å². The summed E-state index contributed by atoms with van der Waals surface area (Å²) in [6.45, 7) is 1.91. The minimum atomic E-state index is -3.58. The van der Waals surface area contributed by atoms with Gasteiger partial charge < -0.3 is 0 Å². The Balaban J connectivity index is 2.38. The first-order valence-corrected chi connectivity index (χ1v) is 8.78. The molecule has 0 radical (unpaired) electrons. The molecule has 2 rings (SSSR count). The fourth-order valence-electron chi connectivity index (χ4n) is 1.59. The predicted molar refractivity (Wildman–Crippen MR) is 88.8 cm³/mol. The molecule has 6 heteroatoms. The van der Waals surface area contributed by atoms with Crippen molar-refractivity contribution in [2.75, 3.05) is 4.72 Å². The van der Waals surface area contributed by atoms with Crippen LogP contribution in [0.3, 0.4) is 0 Å². The highest BCUT2D eigenvalue weighted by molar-refractivity contribution is 14.1. The molecule has 0 aliphatic carbocycles. The molecule has 100 valence electrons. The number of halogens is 2. The van der Waals surface area contributed by atoms with Gasteiger partial charge in [0, 0.05) is 13.7 Å². The van der Waals surface area contributed by atoms with Crippen LogP contribution in [0.15, 0.2) is 51.8 Å². The molecule has 0 saturated heterocycles. The SMILES string of the molecule is Cc1ccc(S(=O)(=O)Nc2cccc(I)c2)c(Br)c1. The van der Waals surface area contributed by atoms with Gasteiger partial charge >= 0.3 is 0 Å². The second kappa shape index (κ2) is 5.80. The summed E-state index contributed by atoms with van der Waals surface area (Å²) in [5, 5.41) is 0. The zero-order chi connectivity index (χ0) is 14.0. The molecular weight excluding hydrogens is 441 g/mol. The monoisotopic (exact) mass is 451 g/mol. The van der Waals surface area contributed by atoms with Crippen LogP contribution in [-0.2, 0) is 10.0 Å². The smallest absolute Gasteiger partial charge is 0.263 e. The first-order valence-electron chi connectivity index (χ1n) is 5.43. The number of anilines is 1. The van der Waals surface area contributed by atoms with Gasteiger partial charge in [-0.15, -0.1) is 0 Å². The van der Waals surface area contributed by atoms with Crippen molar-refractivity contribution >= 4 is 54.2 Å². The van der Waals surface area contributed by atoms with Gasteiger partial charge in [-0.1, -0.05) is 12.1 Å². The molecular formula is C13H11BrINO2S. The number of benzene rings is 2. The van der Waals surface area contributed by atoms with E-state index < -0.39 is 10.0 Å². The Morgan fingerprint density at radius 1 is 1.16 bits per heavy atom. The molecule has 1 N–H and O–H groups in total. The Bertz CT molecular complexity index is 716. The van der Waals surface area contributed by atoms with E-state index in [9.17, 15) is 8.42 Å². The molecule has 0 bridgehead atoms. The van der Waals surface area contributed by atoms with E-state index >= 15 is 0 Å². The minimum absolute atomic E-state index is 0.233.